The zero-order valence-corrected chi connectivity index (χ0v) is 16.4. The summed E-state index contributed by atoms with van der Waals surface area (Å²) in [5, 5.41) is 11.6. The van der Waals surface area contributed by atoms with Gasteiger partial charge in [0.25, 0.3) is 0 Å². The average Bonchev–Trinajstić information content (AvgIpc) is 3.09. The summed E-state index contributed by atoms with van der Waals surface area (Å²) in [4.78, 5) is 38.3. The summed E-state index contributed by atoms with van der Waals surface area (Å²) in [6.07, 6.45) is 2.70. The number of carboxylic acids is 1. The second-order valence-corrected chi connectivity index (χ2v) is 7.56. The molecule has 1 aliphatic rings. The Morgan fingerprint density at radius 3 is 2.43 bits per heavy atom. The monoisotopic (exact) mass is 398 g/mol. The first-order chi connectivity index (χ1) is 13.5. The predicted octanol–water partition coefficient (Wildman–Crippen LogP) is 3.42. The standard InChI is InChI=1S/C21H22N2O4S/c1-28-18-9-7-17(8-10-18)23-13-15(12-19(23)24)21(27)22-16-5-2-14(3-6-16)4-11-20(25)26/h2-3,5-10,15H,4,11-13H2,1H3,(H,22,27)(H,25,26). The molecular weight excluding hydrogens is 376 g/mol. The zero-order chi connectivity index (χ0) is 20.1. The molecule has 1 atom stereocenters. The van der Waals surface area contributed by atoms with Crippen molar-refractivity contribution in [3.63, 3.8) is 0 Å². The van der Waals surface area contributed by atoms with Gasteiger partial charge in [0.1, 0.15) is 0 Å². The average molecular weight is 398 g/mol. The van der Waals surface area contributed by atoms with Gasteiger partial charge in [0.05, 0.1) is 5.92 Å². The molecule has 1 saturated heterocycles. The van der Waals surface area contributed by atoms with Gasteiger partial charge >= 0.3 is 5.97 Å². The highest BCUT2D eigenvalue weighted by Crippen LogP contribution is 2.28. The van der Waals surface area contributed by atoms with Crippen molar-refractivity contribution in [2.24, 2.45) is 5.92 Å². The van der Waals surface area contributed by atoms with Crippen LogP contribution >= 0.6 is 11.8 Å². The highest BCUT2D eigenvalue weighted by Gasteiger charge is 2.35. The van der Waals surface area contributed by atoms with Crippen LogP contribution in [0.15, 0.2) is 53.4 Å². The molecule has 3 rings (SSSR count). The van der Waals surface area contributed by atoms with Gasteiger partial charge in [-0.15, -0.1) is 11.8 Å². The van der Waals surface area contributed by atoms with Crippen molar-refractivity contribution >= 4 is 40.9 Å². The lowest BCUT2D eigenvalue weighted by Gasteiger charge is -2.17. The molecule has 0 radical (unpaired) electrons. The lowest BCUT2D eigenvalue weighted by molar-refractivity contribution is -0.137. The quantitative estimate of drug-likeness (QED) is 0.698. The van der Waals surface area contributed by atoms with Crippen LogP contribution in [0.25, 0.3) is 0 Å². The molecule has 146 valence electrons. The third-order valence-corrected chi connectivity index (χ3v) is 5.47. The van der Waals surface area contributed by atoms with E-state index in [2.05, 4.69) is 5.32 Å². The van der Waals surface area contributed by atoms with E-state index in [0.29, 0.717) is 18.7 Å². The van der Waals surface area contributed by atoms with Gasteiger partial charge in [0, 0.05) is 35.7 Å². The molecular formula is C21H22N2O4S. The number of rotatable bonds is 7. The number of amides is 2. The van der Waals surface area contributed by atoms with Crippen molar-refractivity contribution in [2.75, 3.05) is 23.0 Å². The molecule has 1 unspecified atom stereocenters. The Balaban J connectivity index is 1.58. The maximum atomic E-state index is 12.6. The number of carboxylic acid groups (broad SMARTS) is 1. The number of nitrogens with zero attached hydrogens (tertiary/aromatic N) is 1. The number of carbonyl (C=O) groups excluding carboxylic acids is 2. The molecule has 0 saturated carbocycles. The van der Waals surface area contributed by atoms with Gasteiger partial charge in [0.15, 0.2) is 0 Å². The molecule has 1 aliphatic heterocycles. The van der Waals surface area contributed by atoms with Crippen LogP contribution in [-0.4, -0.2) is 35.7 Å². The number of benzene rings is 2. The third kappa shape index (κ3) is 4.92. The molecule has 1 fully saturated rings. The van der Waals surface area contributed by atoms with Crippen LogP contribution in [-0.2, 0) is 20.8 Å². The fraction of sp³-hybridized carbons (Fsp3) is 0.286. The molecule has 28 heavy (non-hydrogen) atoms. The van der Waals surface area contributed by atoms with E-state index in [-0.39, 0.29) is 24.7 Å². The maximum absolute atomic E-state index is 12.6. The van der Waals surface area contributed by atoms with Crippen molar-refractivity contribution in [3.8, 4) is 0 Å². The Kier molecular flexibility index (Phi) is 6.36. The van der Waals surface area contributed by atoms with Crippen molar-refractivity contribution in [2.45, 2.75) is 24.2 Å². The molecule has 2 aromatic carbocycles. The molecule has 2 amide bonds. The van der Waals surface area contributed by atoms with Gasteiger partial charge in [-0.2, -0.15) is 0 Å². The Morgan fingerprint density at radius 2 is 1.82 bits per heavy atom. The van der Waals surface area contributed by atoms with E-state index < -0.39 is 11.9 Å². The summed E-state index contributed by atoms with van der Waals surface area (Å²) in [5.74, 6) is -1.48. The molecule has 2 aromatic rings. The van der Waals surface area contributed by atoms with Crippen LogP contribution in [0.1, 0.15) is 18.4 Å². The Morgan fingerprint density at radius 1 is 1.14 bits per heavy atom. The summed E-state index contributed by atoms with van der Waals surface area (Å²) in [7, 11) is 0. The molecule has 7 heteroatoms. The Bertz CT molecular complexity index is 865. The minimum absolute atomic E-state index is 0.0546. The lowest BCUT2D eigenvalue weighted by Crippen LogP contribution is -2.28. The van der Waals surface area contributed by atoms with Crippen molar-refractivity contribution in [1.29, 1.82) is 0 Å². The van der Waals surface area contributed by atoms with Gasteiger partial charge in [-0.1, -0.05) is 12.1 Å². The Hall–Kier alpha value is -2.80. The molecule has 1 heterocycles. The number of carbonyl (C=O) groups is 3. The molecule has 0 aromatic heterocycles. The smallest absolute Gasteiger partial charge is 0.303 e. The van der Waals surface area contributed by atoms with Crippen LogP contribution < -0.4 is 10.2 Å². The minimum Gasteiger partial charge on any atom is -0.481 e. The molecule has 2 N–H and O–H groups in total. The van der Waals surface area contributed by atoms with Gasteiger partial charge in [-0.3, -0.25) is 14.4 Å². The molecule has 6 nitrogen and oxygen atoms in total. The topological polar surface area (TPSA) is 86.7 Å². The van der Waals surface area contributed by atoms with Crippen molar-refractivity contribution in [1.82, 2.24) is 0 Å². The number of hydrogen-bond donors (Lipinski definition) is 2. The normalized spacial score (nSPS) is 16.2. The van der Waals surface area contributed by atoms with Crippen molar-refractivity contribution in [3.05, 3.63) is 54.1 Å². The van der Waals surface area contributed by atoms with Crippen LogP contribution in [0, 0.1) is 5.92 Å². The first-order valence-corrected chi connectivity index (χ1v) is 10.2. The van der Waals surface area contributed by atoms with Crippen molar-refractivity contribution < 1.29 is 19.5 Å². The number of nitrogens with one attached hydrogen (secondary N) is 1. The van der Waals surface area contributed by atoms with Crippen LogP contribution in [0.2, 0.25) is 0 Å². The lowest BCUT2D eigenvalue weighted by atomic mass is 10.1. The Labute approximate surface area is 167 Å². The van der Waals surface area contributed by atoms with Crippen LogP contribution in [0.5, 0.6) is 0 Å². The summed E-state index contributed by atoms with van der Waals surface area (Å²) in [6.45, 7) is 0.361. The number of thioether (sulfide) groups is 1. The van der Waals surface area contributed by atoms with E-state index in [4.69, 9.17) is 5.11 Å². The van der Waals surface area contributed by atoms with E-state index in [1.165, 1.54) is 0 Å². The third-order valence-electron chi connectivity index (χ3n) is 4.73. The van der Waals surface area contributed by atoms with E-state index in [0.717, 1.165) is 16.1 Å². The highest BCUT2D eigenvalue weighted by atomic mass is 32.2. The molecule has 0 aliphatic carbocycles. The number of aliphatic carboxylic acids is 1. The summed E-state index contributed by atoms with van der Waals surface area (Å²) in [5.41, 5.74) is 2.34. The van der Waals surface area contributed by atoms with Gasteiger partial charge in [-0.05, 0) is 54.6 Å². The van der Waals surface area contributed by atoms with E-state index >= 15 is 0 Å². The first kappa shape index (κ1) is 19.9. The zero-order valence-electron chi connectivity index (χ0n) is 15.6. The fourth-order valence-corrected chi connectivity index (χ4v) is 3.55. The van der Waals surface area contributed by atoms with E-state index in [1.54, 1.807) is 40.9 Å². The fourth-order valence-electron chi connectivity index (χ4n) is 3.15. The summed E-state index contributed by atoms with van der Waals surface area (Å²) in [6, 6.07) is 14.9. The van der Waals surface area contributed by atoms with Gasteiger partial charge < -0.3 is 15.3 Å². The second kappa shape index (κ2) is 8.93. The maximum Gasteiger partial charge on any atom is 0.303 e. The second-order valence-electron chi connectivity index (χ2n) is 6.68. The number of aryl methyl sites for hydroxylation is 1. The predicted molar refractivity (Wildman–Crippen MR) is 110 cm³/mol. The first-order valence-electron chi connectivity index (χ1n) is 9.02. The SMILES string of the molecule is CSc1ccc(N2CC(C(=O)Nc3ccc(CCC(=O)O)cc3)CC2=O)cc1. The molecule has 0 bridgehead atoms. The van der Waals surface area contributed by atoms with Crippen LogP contribution in [0.4, 0.5) is 11.4 Å². The minimum atomic E-state index is -0.837. The van der Waals surface area contributed by atoms with E-state index in [1.807, 2.05) is 30.5 Å². The largest absolute Gasteiger partial charge is 0.481 e. The van der Waals surface area contributed by atoms with Gasteiger partial charge in [-0.25, -0.2) is 0 Å². The van der Waals surface area contributed by atoms with Crippen LogP contribution in [0.3, 0.4) is 0 Å². The molecule has 0 spiro atoms. The van der Waals surface area contributed by atoms with E-state index in [9.17, 15) is 14.4 Å². The number of anilines is 2. The number of hydrogen-bond acceptors (Lipinski definition) is 4. The van der Waals surface area contributed by atoms with Gasteiger partial charge in [0.2, 0.25) is 11.8 Å². The summed E-state index contributed by atoms with van der Waals surface area (Å²) < 4.78 is 0. The summed E-state index contributed by atoms with van der Waals surface area (Å²) >= 11 is 1.64. The highest BCUT2D eigenvalue weighted by molar-refractivity contribution is 7.98.